The van der Waals surface area contributed by atoms with Crippen LogP contribution in [-0.2, 0) is 0 Å². The van der Waals surface area contributed by atoms with Crippen molar-refractivity contribution in [3.63, 3.8) is 0 Å². The summed E-state index contributed by atoms with van der Waals surface area (Å²) in [5.74, 6) is 1.39. The number of carbonyl (C=O) groups is 1. The molecule has 0 fully saturated rings. The van der Waals surface area contributed by atoms with Gasteiger partial charge in [-0.05, 0) is 30.7 Å². The van der Waals surface area contributed by atoms with Crippen molar-refractivity contribution in [3.05, 3.63) is 82.1 Å². The summed E-state index contributed by atoms with van der Waals surface area (Å²) in [6.07, 6.45) is 1.67. The molecule has 0 bridgehead atoms. The number of aryl methyl sites for hydroxylation is 1. The third-order valence-corrected chi connectivity index (χ3v) is 6.31. The minimum Gasteiger partial charge on any atom is -0.496 e. The quantitative estimate of drug-likeness (QED) is 0.307. The van der Waals surface area contributed by atoms with Gasteiger partial charge in [0.15, 0.2) is 16.9 Å². The normalized spacial score (nSPS) is 11.1. The monoisotopic (exact) mass is 499 g/mol. The van der Waals surface area contributed by atoms with Crippen LogP contribution in [0, 0.1) is 6.92 Å². The van der Waals surface area contributed by atoms with E-state index in [0.29, 0.717) is 39.7 Å². The Balaban J connectivity index is 1.75. The van der Waals surface area contributed by atoms with Gasteiger partial charge in [-0.15, -0.1) is 0 Å². The number of nitrogens with zero attached hydrogens (tertiary/aromatic N) is 1. The van der Waals surface area contributed by atoms with Gasteiger partial charge in [0.05, 0.1) is 39.5 Å². The molecule has 0 amide bonds. The fraction of sp³-hybridized carbons (Fsp3) is 0.172. The van der Waals surface area contributed by atoms with Gasteiger partial charge in [0.1, 0.15) is 22.5 Å². The molecule has 3 aromatic carbocycles. The highest BCUT2D eigenvalue weighted by Crippen LogP contribution is 2.43. The van der Waals surface area contributed by atoms with E-state index in [4.69, 9.17) is 23.4 Å². The van der Waals surface area contributed by atoms with Crippen LogP contribution in [0.25, 0.3) is 33.2 Å². The SMILES string of the molecule is COc1cc(C)ccc1C(=O)n1cc(-c2cc(=O)c3c(OC)c(OC)c(OC)cc3o2)c2ccccc21. The van der Waals surface area contributed by atoms with Crippen LogP contribution in [0.2, 0.25) is 0 Å². The maximum absolute atomic E-state index is 13.7. The summed E-state index contributed by atoms with van der Waals surface area (Å²) in [6.45, 7) is 1.93. The van der Waals surface area contributed by atoms with E-state index >= 15 is 0 Å². The molecule has 8 heteroatoms. The maximum atomic E-state index is 13.7. The average Bonchev–Trinajstić information content (AvgIpc) is 3.31. The van der Waals surface area contributed by atoms with Gasteiger partial charge in [-0.25, -0.2) is 0 Å². The van der Waals surface area contributed by atoms with Gasteiger partial charge in [-0.1, -0.05) is 24.3 Å². The van der Waals surface area contributed by atoms with Gasteiger partial charge >= 0.3 is 0 Å². The number of methoxy groups -OCH3 is 4. The number of hydrogen-bond acceptors (Lipinski definition) is 7. The Kier molecular flexibility index (Phi) is 6.09. The van der Waals surface area contributed by atoms with Crippen molar-refractivity contribution in [3.8, 4) is 34.3 Å². The number of ether oxygens (including phenoxy) is 4. The van der Waals surface area contributed by atoms with Crippen LogP contribution in [0.15, 0.2) is 70.0 Å². The summed E-state index contributed by atoms with van der Waals surface area (Å²) in [5, 5.41) is 0.977. The second-order valence-corrected chi connectivity index (χ2v) is 8.43. The first-order valence-corrected chi connectivity index (χ1v) is 11.5. The lowest BCUT2D eigenvalue weighted by atomic mass is 10.1. The van der Waals surface area contributed by atoms with Crippen LogP contribution in [-0.4, -0.2) is 38.9 Å². The molecule has 188 valence electrons. The van der Waals surface area contributed by atoms with Gasteiger partial charge in [-0.2, -0.15) is 0 Å². The van der Waals surface area contributed by atoms with Crippen LogP contribution in [0.3, 0.4) is 0 Å². The number of carbonyl (C=O) groups excluding carboxylic acids is 1. The zero-order valence-electron chi connectivity index (χ0n) is 21.1. The molecule has 0 saturated heterocycles. The molecule has 0 aliphatic rings. The zero-order valence-corrected chi connectivity index (χ0v) is 21.1. The van der Waals surface area contributed by atoms with Crippen molar-refractivity contribution >= 4 is 27.8 Å². The van der Waals surface area contributed by atoms with Crippen molar-refractivity contribution in [2.24, 2.45) is 0 Å². The number of rotatable bonds is 6. The predicted octanol–water partition coefficient (Wildman–Crippen LogP) is 5.45. The van der Waals surface area contributed by atoms with Crippen molar-refractivity contribution in [2.75, 3.05) is 28.4 Å². The van der Waals surface area contributed by atoms with Crippen molar-refractivity contribution in [1.82, 2.24) is 4.57 Å². The molecule has 0 aliphatic heterocycles. The van der Waals surface area contributed by atoms with E-state index in [-0.39, 0.29) is 28.1 Å². The highest BCUT2D eigenvalue weighted by molar-refractivity contribution is 6.07. The Hall–Kier alpha value is -4.72. The number of hydrogen-bond donors (Lipinski definition) is 0. The first-order valence-electron chi connectivity index (χ1n) is 11.5. The smallest absolute Gasteiger partial charge is 0.266 e. The first-order chi connectivity index (χ1) is 17.9. The topological polar surface area (TPSA) is 89.1 Å². The second-order valence-electron chi connectivity index (χ2n) is 8.43. The van der Waals surface area contributed by atoms with E-state index < -0.39 is 0 Å². The predicted molar refractivity (Wildman–Crippen MR) is 141 cm³/mol. The van der Waals surface area contributed by atoms with Crippen LogP contribution >= 0.6 is 0 Å². The van der Waals surface area contributed by atoms with Gasteiger partial charge in [0, 0.05) is 29.3 Å². The third kappa shape index (κ3) is 3.87. The van der Waals surface area contributed by atoms with E-state index in [2.05, 4.69) is 0 Å². The minimum atomic E-state index is -0.322. The molecular formula is C29H25NO7. The van der Waals surface area contributed by atoms with E-state index in [1.807, 2.05) is 43.3 Å². The molecule has 0 saturated carbocycles. The molecule has 0 aliphatic carbocycles. The summed E-state index contributed by atoms with van der Waals surface area (Å²) >= 11 is 0. The Morgan fingerprint density at radius 2 is 1.57 bits per heavy atom. The van der Waals surface area contributed by atoms with Gasteiger partial charge in [0.25, 0.3) is 5.91 Å². The highest BCUT2D eigenvalue weighted by atomic mass is 16.5. The van der Waals surface area contributed by atoms with Crippen molar-refractivity contribution in [1.29, 1.82) is 0 Å². The van der Waals surface area contributed by atoms with Crippen molar-refractivity contribution < 1.29 is 28.2 Å². The molecule has 2 aromatic heterocycles. The highest BCUT2D eigenvalue weighted by Gasteiger charge is 2.23. The van der Waals surface area contributed by atoms with E-state index in [1.165, 1.54) is 39.1 Å². The summed E-state index contributed by atoms with van der Waals surface area (Å²) in [4.78, 5) is 27.0. The van der Waals surface area contributed by atoms with E-state index in [0.717, 1.165) is 10.9 Å². The van der Waals surface area contributed by atoms with Crippen LogP contribution in [0.4, 0.5) is 0 Å². The molecular weight excluding hydrogens is 474 g/mol. The molecule has 0 spiro atoms. The fourth-order valence-corrected chi connectivity index (χ4v) is 4.57. The maximum Gasteiger partial charge on any atom is 0.266 e. The van der Waals surface area contributed by atoms with Crippen LogP contribution in [0.5, 0.6) is 23.0 Å². The number of aromatic nitrogens is 1. The molecule has 2 heterocycles. The Labute approximate surface area is 212 Å². The molecule has 5 aromatic rings. The molecule has 0 radical (unpaired) electrons. The summed E-state index contributed by atoms with van der Waals surface area (Å²) in [6, 6.07) is 15.8. The third-order valence-electron chi connectivity index (χ3n) is 6.31. The van der Waals surface area contributed by atoms with Crippen LogP contribution < -0.4 is 24.4 Å². The van der Waals surface area contributed by atoms with E-state index in [9.17, 15) is 9.59 Å². The van der Waals surface area contributed by atoms with Crippen LogP contribution in [0.1, 0.15) is 15.9 Å². The fourth-order valence-electron chi connectivity index (χ4n) is 4.57. The molecule has 5 rings (SSSR count). The number of fused-ring (bicyclic) bond motifs is 2. The molecule has 0 N–H and O–H groups in total. The molecule has 37 heavy (non-hydrogen) atoms. The van der Waals surface area contributed by atoms with E-state index in [1.54, 1.807) is 18.3 Å². The first kappa shape index (κ1) is 24.0. The lowest BCUT2D eigenvalue weighted by molar-refractivity contribution is 0.0962. The summed E-state index contributed by atoms with van der Waals surface area (Å²) < 4.78 is 29.5. The standard InChI is InChI=1S/C29H25NO7/c1-16-10-11-18(22(12-16)33-2)29(32)30-15-19(17-8-6-7-9-20(17)30)23-13-21(31)26-24(37-23)14-25(34-3)27(35-4)28(26)36-5/h6-15H,1-5H3. The Bertz CT molecular complexity index is 1730. The largest absolute Gasteiger partial charge is 0.496 e. The second kappa shape index (κ2) is 9.39. The average molecular weight is 500 g/mol. The minimum absolute atomic E-state index is 0.223. The summed E-state index contributed by atoms with van der Waals surface area (Å²) in [5.41, 5.74) is 2.59. The Morgan fingerprint density at radius 1 is 0.838 bits per heavy atom. The lowest BCUT2D eigenvalue weighted by Gasteiger charge is -2.14. The van der Waals surface area contributed by atoms with Crippen molar-refractivity contribution in [2.45, 2.75) is 6.92 Å². The number of para-hydroxylation sites is 1. The number of benzene rings is 3. The van der Waals surface area contributed by atoms with Gasteiger partial charge in [-0.3, -0.25) is 14.2 Å². The summed E-state index contributed by atoms with van der Waals surface area (Å²) in [7, 11) is 5.94. The molecule has 8 nitrogen and oxygen atoms in total. The molecule has 0 atom stereocenters. The van der Waals surface area contributed by atoms with Gasteiger partial charge in [0.2, 0.25) is 5.75 Å². The lowest BCUT2D eigenvalue weighted by Crippen LogP contribution is -2.12. The molecule has 0 unspecified atom stereocenters. The van der Waals surface area contributed by atoms with Gasteiger partial charge < -0.3 is 23.4 Å². The Morgan fingerprint density at radius 3 is 2.27 bits per heavy atom. The zero-order chi connectivity index (χ0) is 26.3.